The van der Waals surface area contributed by atoms with Crippen LogP contribution in [0.25, 0.3) is 0 Å². The van der Waals surface area contributed by atoms with E-state index < -0.39 is 29.8 Å². The van der Waals surface area contributed by atoms with E-state index >= 15 is 0 Å². The van der Waals surface area contributed by atoms with E-state index in [0.717, 1.165) is 12.1 Å². The number of benzene rings is 1. The number of hydrogen-bond acceptors (Lipinski definition) is 6. The molecule has 8 nitrogen and oxygen atoms in total. The minimum atomic E-state index is -4.82. The number of nitrogens with one attached hydrogen (secondary N) is 1. The van der Waals surface area contributed by atoms with E-state index in [9.17, 15) is 23.1 Å². The van der Waals surface area contributed by atoms with Gasteiger partial charge in [-0.3, -0.25) is 0 Å². The van der Waals surface area contributed by atoms with E-state index in [1.54, 1.807) is 20.8 Å². The van der Waals surface area contributed by atoms with Gasteiger partial charge in [-0.15, -0.1) is 13.2 Å². The van der Waals surface area contributed by atoms with Gasteiger partial charge in [-0.25, -0.2) is 14.8 Å². The Morgan fingerprint density at radius 3 is 2.23 bits per heavy atom. The van der Waals surface area contributed by atoms with E-state index in [1.807, 2.05) is 6.07 Å². The molecule has 1 aromatic carbocycles. The number of carbonyl (C=O) groups is 1. The van der Waals surface area contributed by atoms with Crippen LogP contribution in [0.4, 0.5) is 23.9 Å². The lowest BCUT2D eigenvalue weighted by Crippen LogP contribution is -2.47. The van der Waals surface area contributed by atoms with Gasteiger partial charge in [0.25, 0.3) is 0 Å². The number of hydrogen-bond donors (Lipinski definition) is 2. The molecule has 0 fully saturated rings. The number of alkyl halides is 3. The highest BCUT2D eigenvalue weighted by molar-refractivity contribution is 5.66. The van der Waals surface area contributed by atoms with Crippen LogP contribution < -0.4 is 10.1 Å². The Morgan fingerprint density at radius 1 is 1.23 bits per heavy atom. The van der Waals surface area contributed by atoms with Crippen LogP contribution in [0, 0.1) is 11.3 Å². The van der Waals surface area contributed by atoms with Crippen molar-refractivity contribution in [1.29, 1.82) is 5.26 Å². The van der Waals surface area contributed by atoms with E-state index in [-0.39, 0.29) is 18.1 Å². The Labute approximate surface area is 170 Å². The number of carboxylic acid groups (broad SMARTS) is 1. The molecule has 0 saturated heterocycles. The number of nitriles is 1. The van der Waals surface area contributed by atoms with Crippen LogP contribution in [-0.2, 0) is 0 Å². The van der Waals surface area contributed by atoms with Crippen LogP contribution in [0.5, 0.6) is 5.75 Å². The van der Waals surface area contributed by atoms with Crippen LogP contribution >= 0.6 is 0 Å². The molecule has 1 aromatic heterocycles. The van der Waals surface area contributed by atoms with Crippen molar-refractivity contribution in [2.75, 3.05) is 11.9 Å². The predicted molar refractivity (Wildman–Crippen MR) is 101 cm³/mol. The molecule has 11 heteroatoms. The first kappa shape index (κ1) is 22.7. The van der Waals surface area contributed by atoms with Gasteiger partial charge >= 0.3 is 12.5 Å². The van der Waals surface area contributed by atoms with E-state index in [0.29, 0.717) is 5.56 Å². The van der Waals surface area contributed by atoms with Crippen LogP contribution in [0.3, 0.4) is 0 Å². The standard InChI is InChI=1S/C19H20F3N5O3/c1-18(2,3)27(17(28)29)11-15(26-16-24-9-12(8-23)10-25-16)13-4-6-14(7-5-13)30-19(20,21)22/h4-7,9-10,15H,11H2,1-3H3,(H,28,29)(H,24,25,26). The van der Waals surface area contributed by atoms with E-state index in [4.69, 9.17) is 5.26 Å². The summed E-state index contributed by atoms with van der Waals surface area (Å²) in [5.41, 5.74) is -0.00280. The van der Waals surface area contributed by atoms with Crippen LogP contribution in [0.15, 0.2) is 36.7 Å². The highest BCUT2D eigenvalue weighted by Gasteiger charge is 2.32. The number of amides is 1. The summed E-state index contributed by atoms with van der Waals surface area (Å²) in [6.07, 6.45) is -3.38. The Morgan fingerprint density at radius 2 is 1.80 bits per heavy atom. The third-order valence-corrected chi connectivity index (χ3v) is 4.01. The number of nitrogens with zero attached hydrogens (tertiary/aromatic N) is 4. The lowest BCUT2D eigenvalue weighted by molar-refractivity contribution is -0.274. The Hall–Kier alpha value is -3.55. The lowest BCUT2D eigenvalue weighted by Gasteiger charge is -2.36. The molecule has 1 unspecified atom stereocenters. The third kappa shape index (κ3) is 6.51. The highest BCUT2D eigenvalue weighted by Crippen LogP contribution is 2.27. The Balaban J connectivity index is 2.34. The molecule has 0 radical (unpaired) electrons. The summed E-state index contributed by atoms with van der Waals surface area (Å²) in [5, 5.41) is 21.4. The maximum absolute atomic E-state index is 12.4. The summed E-state index contributed by atoms with van der Waals surface area (Å²) in [7, 11) is 0. The molecule has 1 atom stereocenters. The van der Waals surface area contributed by atoms with Crippen LogP contribution in [-0.4, -0.2) is 44.5 Å². The number of ether oxygens (including phenoxy) is 1. The smallest absolute Gasteiger partial charge is 0.465 e. The second-order valence-corrected chi connectivity index (χ2v) is 7.28. The number of rotatable bonds is 6. The minimum Gasteiger partial charge on any atom is -0.465 e. The van der Waals surface area contributed by atoms with Gasteiger partial charge in [-0.1, -0.05) is 12.1 Å². The van der Waals surface area contributed by atoms with Gasteiger partial charge in [0.15, 0.2) is 0 Å². The summed E-state index contributed by atoms with van der Waals surface area (Å²) in [4.78, 5) is 21.0. The molecule has 2 rings (SSSR count). The molecular weight excluding hydrogens is 403 g/mol. The van der Waals surface area contributed by atoms with Gasteiger partial charge in [-0.2, -0.15) is 5.26 Å². The molecule has 0 spiro atoms. The largest absolute Gasteiger partial charge is 0.573 e. The Bertz CT molecular complexity index is 903. The van der Waals surface area contributed by atoms with Gasteiger partial charge in [0.2, 0.25) is 5.95 Å². The molecular formula is C19H20F3N5O3. The molecule has 2 aromatic rings. The number of aromatic nitrogens is 2. The fourth-order valence-electron chi connectivity index (χ4n) is 2.57. The van der Waals surface area contributed by atoms with E-state index in [1.165, 1.54) is 29.4 Å². The fraction of sp³-hybridized carbons (Fsp3) is 0.368. The summed E-state index contributed by atoms with van der Waals surface area (Å²) in [5.74, 6) is -0.264. The van der Waals surface area contributed by atoms with Gasteiger partial charge < -0.3 is 20.1 Å². The SMILES string of the molecule is CC(C)(C)N(CC(Nc1ncc(C#N)cn1)c1ccc(OC(F)(F)F)cc1)C(=O)O. The third-order valence-electron chi connectivity index (χ3n) is 4.01. The minimum absolute atomic E-state index is 0.0400. The van der Waals surface area contributed by atoms with Crippen molar-refractivity contribution in [3.05, 3.63) is 47.8 Å². The van der Waals surface area contributed by atoms with Crippen LogP contribution in [0.2, 0.25) is 0 Å². The van der Waals surface area contributed by atoms with Crippen molar-refractivity contribution < 1.29 is 27.8 Å². The maximum atomic E-state index is 12.4. The first-order chi connectivity index (χ1) is 13.9. The van der Waals surface area contributed by atoms with E-state index in [2.05, 4.69) is 20.0 Å². The first-order valence-electron chi connectivity index (χ1n) is 8.74. The molecule has 0 bridgehead atoms. The zero-order chi connectivity index (χ0) is 22.5. The lowest BCUT2D eigenvalue weighted by atomic mass is 10.0. The summed E-state index contributed by atoms with van der Waals surface area (Å²) < 4.78 is 41.1. The molecule has 0 aliphatic heterocycles. The van der Waals surface area contributed by atoms with Gasteiger partial charge in [0.05, 0.1) is 24.0 Å². The average molecular weight is 423 g/mol. The van der Waals surface area contributed by atoms with Gasteiger partial charge in [0.1, 0.15) is 11.8 Å². The van der Waals surface area contributed by atoms with Crippen molar-refractivity contribution in [2.45, 2.75) is 38.7 Å². The zero-order valence-corrected chi connectivity index (χ0v) is 16.4. The molecule has 1 heterocycles. The van der Waals surface area contributed by atoms with Crippen LogP contribution in [0.1, 0.15) is 37.9 Å². The second-order valence-electron chi connectivity index (χ2n) is 7.28. The van der Waals surface area contributed by atoms with Crippen molar-refractivity contribution in [3.63, 3.8) is 0 Å². The summed E-state index contributed by atoms with van der Waals surface area (Å²) in [6.45, 7) is 5.12. The first-order valence-corrected chi connectivity index (χ1v) is 8.74. The number of anilines is 1. The normalized spacial score (nSPS) is 12.6. The topological polar surface area (TPSA) is 111 Å². The molecule has 0 saturated carbocycles. The average Bonchev–Trinajstić information content (AvgIpc) is 2.63. The van der Waals surface area contributed by atoms with Crippen molar-refractivity contribution in [1.82, 2.24) is 14.9 Å². The van der Waals surface area contributed by atoms with Crippen molar-refractivity contribution in [2.24, 2.45) is 0 Å². The Kier molecular flexibility index (Phi) is 6.71. The van der Waals surface area contributed by atoms with Crippen molar-refractivity contribution >= 4 is 12.0 Å². The maximum Gasteiger partial charge on any atom is 0.573 e. The zero-order valence-electron chi connectivity index (χ0n) is 16.4. The highest BCUT2D eigenvalue weighted by atomic mass is 19.4. The molecule has 160 valence electrons. The monoisotopic (exact) mass is 423 g/mol. The summed E-state index contributed by atoms with van der Waals surface area (Å²) >= 11 is 0. The van der Waals surface area contributed by atoms with Crippen molar-refractivity contribution in [3.8, 4) is 11.8 Å². The predicted octanol–water partition coefficient (Wildman–Crippen LogP) is 4.18. The molecule has 0 aliphatic carbocycles. The molecule has 1 amide bonds. The summed E-state index contributed by atoms with van der Waals surface area (Å²) in [6, 6.07) is 6.26. The van der Waals surface area contributed by atoms with Gasteiger partial charge in [0, 0.05) is 12.1 Å². The molecule has 2 N–H and O–H groups in total. The number of halogens is 3. The second kappa shape index (κ2) is 8.86. The molecule has 30 heavy (non-hydrogen) atoms. The van der Waals surface area contributed by atoms with Gasteiger partial charge in [-0.05, 0) is 38.5 Å². The molecule has 0 aliphatic rings. The fourth-order valence-corrected chi connectivity index (χ4v) is 2.57. The quantitative estimate of drug-likeness (QED) is 0.717.